The second kappa shape index (κ2) is 7.50. The molecule has 0 saturated carbocycles. The van der Waals surface area contributed by atoms with Gasteiger partial charge in [0.1, 0.15) is 12.4 Å². The van der Waals surface area contributed by atoms with Crippen molar-refractivity contribution >= 4 is 5.97 Å². The fourth-order valence-corrected chi connectivity index (χ4v) is 1.41. The molecule has 0 aromatic heterocycles. The molecule has 1 aromatic carbocycles. The molecule has 4 nitrogen and oxygen atoms in total. The van der Waals surface area contributed by atoms with Crippen LogP contribution in [0.4, 0.5) is 0 Å². The maximum atomic E-state index is 11.1. The predicted molar refractivity (Wildman–Crippen MR) is 68.6 cm³/mol. The Balaban J connectivity index is 2.51. The number of benzene rings is 1. The minimum absolute atomic E-state index is 0.247. The van der Waals surface area contributed by atoms with Crippen LogP contribution in [0.2, 0.25) is 0 Å². The third-order valence-electron chi connectivity index (χ3n) is 2.23. The summed E-state index contributed by atoms with van der Waals surface area (Å²) in [6.45, 7) is 5.86. The molecule has 0 radical (unpaired) electrons. The maximum absolute atomic E-state index is 11.1. The monoisotopic (exact) mass is 250 g/mol. The van der Waals surface area contributed by atoms with E-state index in [1.54, 1.807) is 7.11 Å². The van der Waals surface area contributed by atoms with Crippen LogP contribution in [-0.2, 0) is 14.3 Å². The average Bonchev–Trinajstić information content (AvgIpc) is 2.36. The molecule has 0 bridgehead atoms. The Bertz CT molecular complexity index is 401. The van der Waals surface area contributed by atoms with E-state index >= 15 is 0 Å². The summed E-state index contributed by atoms with van der Waals surface area (Å²) >= 11 is 0. The average molecular weight is 250 g/mol. The molecule has 0 aliphatic rings. The summed E-state index contributed by atoms with van der Waals surface area (Å²) in [4.78, 5) is 11.1. The smallest absolute Gasteiger partial charge is 0.330 e. The molecule has 0 spiro atoms. The van der Waals surface area contributed by atoms with Crippen LogP contribution in [0.1, 0.15) is 5.56 Å². The zero-order chi connectivity index (χ0) is 13.4. The first-order valence-electron chi connectivity index (χ1n) is 5.67. The van der Waals surface area contributed by atoms with Gasteiger partial charge in [-0.15, -0.1) is 0 Å². The Morgan fingerprint density at radius 3 is 2.83 bits per heavy atom. The quantitative estimate of drug-likeness (QED) is 0.549. The summed E-state index contributed by atoms with van der Waals surface area (Å²) in [5, 5.41) is 0. The summed E-state index contributed by atoms with van der Waals surface area (Å²) < 4.78 is 15.6. The van der Waals surface area contributed by atoms with Crippen LogP contribution < -0.4 is 4.74 Å². The third-order valence-corrected chi connectivity index (χ3v) is 2.23. The first-order valence-corrected chi connectivity index (χ1v) is 5.67. The minimum Gasteiger partial charge on any atom is -0.490 e. The number of hydrogen-bond donors (Lipinski definition) is 0. The molecule has 0 N–H and O–H groups in total. The van der Waals surface area contributed by atoms with Crippen LogP contribution in [0.3, 0.4) is 0 Å². The Labute approximate surface area is 107 Å². The largest absolute Gasteiger partial charge is 0.490 e. The van der Waals surface area contributed by atoms with Crippen molar-refractivity contribution in [2.24, 2.45) is 0 Å². The van der Waals surface area contributed by atoms with Gasteiger partial charge in [0, 0.05) is 13.2 Å². The van der Waals surface area contributed by atoms with Gasteiger partial charge in [0.05, 0.1) is 6.61 Å². The molecule has 98 valence electrons. The summed E-state index contributed by atoms with van der Waals surface area (Å²) in [5.74, 6) is 0.260. The zero-order valence-electron chi connectivity index (χ0n) is 10.7. The van der Waals surface area contributed by atoms with Gasteiger partial charge in [0.2, 0.25) is 0 Å². The topological polar surface area (TPSA) is 44.8 Å². The van der Waals surface area contributed by atoms with Crippen molar-refractivity contribution in [2.75, 3.05) is 20.3 Å². The van der Waals surface area contributed by atoms with Gasteiger partial charge >= 0.3 is 5.97 Å². The van der Waals surface area contributed by atoms with Crippen LogP contribution in [0.15, 0.2) is 36.9 Å². The lowest BCUT2D eigenvalue weighted by molar-refractivity contribution is -0.147. The van der Waals surface area contributed by atoms with Gasteiger partial charge < -0.3 is 14.2 Å². The van der Waals surface area contributed by atoms with E-state index in [0.29, 0.717) is 0 Å². The first kappa shape index (κ1) is 14.3. The van der Waals surface area contributed by atoms with E-state index < -0.39 is 12.1 Å². The Hall–Kier alpha value is -1.81. The van der Waals surface area contributed by atoms with Crippen LogP contribution >= 0.6 is 0 Å². The molecular formula is C14H18O4. The van der Waals surface area contributed by atoms with Crippen molar-refractivity contribution in [2.45, 2.75) is 13.0 Å². The number of aryl methyl sites for hydroxylation is 1. The maximum Gasteiger partial charge on any atom is 0.330 e. The summed E-state index contributed by atoms with van der Waals surface area (Å²) in [5.41, 5.74) is 1.11. The number of carbonyl (C=O) groups excluding carboxylic acids is 1. The normalized spacial score (nSPS) is 11.7. The van der Waals surface area contributed by atoms with E-state index in [0.717, 1.165) is 17.4 Å². The molecule has 4 heteroatoms. The van der Waals surface area contributed by atoms with Crippen molar-refractivity contribution in [3.63, 3.8) is 0 Å². The number of methoxy groups -OCH3 is 1. The molecule has 0 saturated heterocycles. The lowest BCUT2D eigenvalue weighted by Gasteiger charge is -2.17. The van der Waals surface area contributed by atoms with Crippen molar-refractivity contribution in [3.8, 4) is 5.75 Å². The van der Waals surface area contributed by atoms with Crippen molar-refractivity contribution in [3.05, 3.63) is 42.5 Å². The van der Waals surface area contributed by atoms with Crippen molar-refractivity contribution < 1.29 is 19.0 Å². The molecule has 1 atom stereocenters. The number of carbonyl (C=O) groups is 1. The van der Waals surface area contributed by atoms with Crippen LogP contribution in [0.25, 0.3) is 0 Å². The van der Waals surface area contributed by atoms with Crippen LogP contribution in [0, 0.1) is 6.92 Å². The van der Waals surface area contributed by atoms with Gasteiger partial charge in [-0.2, -0.15) is 0 Å². The van der Waals surface area contributed by atoms with Gasteiger partial charge in [-0.25, -0.2) is 4.79 Å². The third kappa shape index (κ3) is 5.01. The van der Waals surface area contributed by atoms with Crippen molar-refractivity contribution in [1.29, 1.82) is 0 Å². The van der Waals surface area contributed by atoms with E-state index in [1.165, 1.54) is 0 Å². The fraction of sp³-hybridized carbons (Fsp3) is 0.357. The molecule has 1 unspecified atom stereocenters. The highest BCUT2D eigenvalue weighted by molar-refractivity contribution is 5.81. The highest BCUT2D eigenvalue weighted by atomic mass is 16.6. The number of ether oxygens (including phenoxy) is 3. The molecule has 0 aliphatic heterocycles. The number of rotatable bonds is 7. The molecular weight excluding hydrogens is 232 g/mol. The Morgan fingerprint density at radius 1 is 1.44 bits per heavy atom. The van der Waals surface area contributed by atoms with E-state index in [-0.39, 0.29) is 13.2 Å². The van der Waals surface area contributed by atoms with Crippen LogP contribution in [0.5, 0.6) is 5.75 Å². The van der Waals surface area contributed by atoms with Gasteiger partial charge in [0.25, 0.3) is 0 Å². The van der Waals surface area contributed by atoms with E-state index in [4.69, 9.17) is 14.2 Å². The Kier molecular flexibility index (Phi) is 5.94. The highest BCUT2D eigenvalue weighted by Gasteiger charge is 2.13. The summed E-state index contributed by atoms with van der Waals surface area (Å²) in [7, 11) is 1.54. The SMILES string of the molecule is C=CC(=O)OC(COC)COc1cccc(C)c1. The predicted octanol–water partition coefficient (Wildman–Crippen LogP) is 2.12. The molecule has 0 aliphatic carbocycles. The second-order valence-corrected chi connectivity index (χ2v) is 3.85. The molecule has 18 heavy (non-hydrogen) atoms. The van der Waals surface area contributed by atoms with Gasteiger partial charge in [0.15, 0.2) is 6.10 Å². The second-order valence-electron chi connectivity index (χ2n) is 3.85. The molecule has 1 rings (SSSR count). The minimum atomic E-state index is -0.482. The zero-order valence-corrected chi connectivity index (χ0v) is 10.7. The molecule has 0 fully saturated rings. The molecule has 0 heterocycles. The summed E-state index contributed by atoms with van der Waals surface area (Å²) in [6, 6.07) is 7.66. The molecule has 0 amide bonds. The van der Waals surface area contributed by atoms with Crippen LogP contribution in [-0.4, -0.2) is 32.4 Å². The fourth-order valence-electron chi connectivity index (χ4n) is 1.41. The number of hydrogen-bond acceptors (Lipinski definition) is 4. The van der Waals surface area contributed by atoms with Gasteiger partial charge in [-0.3, -0.25) is 0 Å². The van der Waals surface area contributed by atoms with E-state index in [9.17, 15) is 4.79 Å². The molecule has 1 aromatic rings. The lowest BCUT2D eigenvalue weighted by Crippen LogP contribution is -2.28. The van der Waals surface area contributed by atoms with E-state index in [2.05, 4.69) is 6.58 Å². The highest BCUT2D eigenvalue weighted by Crippen LogP contribution is 2.13. The summed E-state index contributed by atoms with van der Waals surface area (Å²) in [6.07, 6.45) is 0.677. The number of esters is 1. The lowest BCUT2D eigenvalue weighted by atomic mass is 10.2. The first-order chi connectivity index (χ1) is 8.65. The van der Waals surface area contributed by atoms with Gasteiger partial charge in [-0.1, -0.05) is 18.7 Å². The standard InChI is InChI=1S/C14H18O4/c1-4-14(15)18-13(9-16-3)10-17-12-7-5-6-11(2)8-12/h4-8,13H,1,9-10H2,2-3H3. The van der Waals surface area contributed by atoms with Crippen molar-refractivity contribution in [1.82, 2.24) is 0 Å². The van der Waals surface area contributed by atoms with Gasteiger partial charge in [-0.05, 0) is 24.6 Å². The Morgan fingerprint density at radius 2 is 2.22 bits per heavy atom. The van der Waals surface area contributed by atoms with E-state index in [1.807, 2.05) is 31.2 Å².